The maximum Gasteiger partial charge on any atom is 0.255 e. The number of halogens is 2. The van der Waals surface area contributed by atoms with E-state index >= 15 is 0 Å². The van der Waals surface area contributed by atoms with Crippen molar-refractivity contribution in [2.45, 2.75) is 26.3 Å². The molecule has 0 N–H and O–H groups in total. The second kappa shape index (κ2) is 9.09. The molecule has 0 saturated heterocycles. The molecule has 2 aromatic heterocycles. The first-order chi connectivity index (χ1) is 13.9. The van der Waals surface area contributed by atoms with Crippen molar-refractivity contribution < 1.29 is 18.3 Å². The third-order valence-corrected chi connectivity index (χ3v) is 4.57. The maximum absolute atomic E-state index is 13.2. The minimum atomic E-state index is -2.64. The van der Waals surface area contributed by atoms with Gasteiger partial charge in [-0.3, -0.25) is 4.79 Å². The van der Waals surface area contributed by atoms with Gasteiger partial charge in [-0.2, -0.15) is 5.10 Å². The van der Waals surface area contributed by atoms with E-state index in [-0.39, 0.29) is 19.2 Å². The highest BCUT2D eigenvalue weighted by Gasteiger charge is 2.24. The molecule has 29 heavy (non-hydrogen) atoms. The summed E-state index contributed by atoms with van der Waals surface area (Å²) >= 11 is 0. The van der Waals surface area contributed by atoms with E-state index in [9.17, 15) is 13.6 Å². The van der Waals surface area contributed by atoms with Crippen molar-refractivity contribution in [2.75, 3.05) is 26.8 Å². The molecule has 0 bridgehead atoms. The third kappa shape index (κ3) is 4.59. The first kappa shape index (κ1) is 20.9. The van der Waals surface area contributed by atoms with Crippen molar-refractivity contribution >= 4 is 16.9 Å². The summed E-state index contributed by atoms with van der Waals surface area (Å²) in [7, 11) is 1.47. The van der Waals surface area contributed by atoms with Crippen LogP contribution in [0, 0.1) is 0 Å². The molecule has 2 heterocycles. The van der Waals surface area contributed by atoms with Crippen LogP contribution in [0.1, 0.15) is 30.2 Å². The molecule has 0 aliphatic heterocycles. The molecule has 0 radical (unpaired) electrons. The number of fused-ring (bicyclic) bond motifs is 1. The van der Waals surface area contributed by atoms with Gasteiger partial charge < -0.3 is 9.64 Å². The molecule has 0 spiro atoms. The molecule has 0 aliphatic carbocycles. The summed E-state index contributed by atoms with van der Waals surface area (Å²) in [6.07, 6.45) is -1.07. The molecule has 1 aromatic carbocycles. The molecule has 8 heteroatoms. The second-order valence-electron chi connectivity index (χ2n) is 6.98. The molecule has 3 aromatic rings. The predicted molar refractivity (Wildman–Crippen MR) is 107 cm³/mol. The van der Waals surface area contributed by atoms with Crippen LogP contribution in [0.5, 0.6) is 0 Å². The van der Waals surface area contributed by atoms with Gasteiger partial charge in [0, 0.05) is 25.3 Å². The predicted octanol–water partition coefficient (Wildman–Crippen LogP) is 4.03. The standard InChI is InChI=1S/C21H24F2N4O2/c1-14(2)27-20-17(12-24-27)16(11-18(25-20)15-7-5-4-6-8-15)21(28)26(9-10-29-3)13-19(22)23/h4-8,11-12,14,19H,9-10,13H2,1-3H3. The Kier molecular flexibility index (Phi) is 6.53. The molecule has 1 amide bonds. The van der Waals surface area contributed by atoms with Gasteiger partial charge in [-0.15, -0.1) is 0 Å². The van der Waals surface area contributed by atoms with Crippen LogP contribution in [0.25, 0.3) is 22.3 Å². The molecule has 0 atom stereocenters. The van der Waals surface area contributed by atoms with Crippen LogP contribution in [-0.2, 0) is 4.74 Å². The average Bonchev–Trinajstić information content (AvgIpc) is 3.14. The fourth-order valence-corrected chi connectivity index (χ4v) is 3.14. The van der Waals surface area contributed by atoms with Crippen LogP contribution in [0.3, 0.4) is 0 Å². The molecule has 3 rings (SSSR count). The van der Waals surface area contributed by atoms with Gasteiger partial charge in [0.15, 0.2) is 5.65 Å². The van der Waals surface area contributed by atoms with E-state index in [1.54, 1.807) is 16.9 Å². The Morgan fingerprint density at radius 2 is 1.97 bits per heavy atom. The third-order valence-electron chi connectivity index (χ3n) is 4.57. The minimum Gasteiger partial charge on any atom is -0.383 e. The fraction of sp³-hybridized carbons (Fsp3) is 0.381. The Morgan fingerprint density at radius 3 is 2.59 bits per heavy atom. The number of methoxy groups -OCH3 is 1. The summed E-state index contributed by atoms with van der Waals surface area (Å²) in [6, 6.07) is 11.1. The number of carbonyl (C=O) groups excluding carboxylic acids is 1. The number of nitrogens with zero attached hydrogens (tertiary/aromatic N) is 4. The number of pyridine rings is 1. The Morgan fingerprint density at radius 1 is 1.24 bits per heavy atom. The van der Waals surface area contributed by atoms with Crippen LogP contribution in [0.2, 0.25) is 0 Å². The highest BCUT2D eigenvalue weighted by atomic mass is 19.3. The van der Waals surface area contributed by atoms with Crippen LogP contribution in [-0.4, -0.2) is 58.8 Å². The number of amides is 1. The normalized spacial score (nSPS) is 11.6. The first-order valence-corrected chi connectivity index (χ1v) is 9.42. The topological polar surface area (TPSA) is 60.2 Å². The Bertz CT molecular complexity index is 973. The number of carbonyl (C=O) groups is 1. The lowest BCUT2D eigenvalue weighted by Gasteiger charge is -2.22. The molecule has 0 fully saturated rings. The number of ether oxygens (including phenoxy) is 1. The average molecular weight is 402 g/mol. The Labute approximate surface area is 168 Å². The lowest BCUT2D eigenvalue weighted by atomic mass is 10.1. The van der Waals surface area contributed by atoms with Gasteiger partial charge in [0.1, 0.15) is 0 Å². The number of rotatable bonds is 8. The van der Waals surface area contributed by atoms with Gasteiger partial charge in [0.05, 0.1) is 36.0 Å². The SMILES string of the molecule is COCCN(CC(F)F)C(=O)c1cc(-c2ccccc2)nc2c1cnn2C(C)C. The van der Waals surface area contributed by atoms with Gasteiger partial charge in [-0.05, 0) is 19.9 Å². The largest absolute Gasteiger partial charge is 0.383 e. The van der Waals surface area contributed by atoms with Crippen LogP contribution in [0.15, 0.2) is 42.6 Å². The summed E-state index contributed by atoms with van der Waals surface area (Å²) in [5.74, 6) is -0.491. The van der Waals surface area contributed by atoms with E-state index in [1.807, 2.05) is 44.2 Å². The molecular formula is C21H24F2N4O2. The highest BCUT2D eigenvalue weighted by molar-refractivity contribution is 6.06. The summed E-state index contributed by atoms with van der Waals surface area (Å²) in [4.78, 5) is 19.1. The van der Waals surface area contributed by atoms with Crippen LogP contribution < -0.4 is 0 Å². The summed E-state index contributed by atoms with van der Waals surface area (Å²) in [5, 5.41) is 4.91. The molecule has 0 saturated carbocycles. The van der Waals surface area contributed by atoms with Crippen LogP contribution in [0.4, 0.5) is 8.78 Å². The lowest BCUT2D eigenvalue weighted by molar-refractivity contribution is 0.0479. The van der Waals surface area contributed by atoms with E-state index in [4.69, 9.17) is 9.72 Å². The second-order valence-corrected chi connectivity index (χ2v) is 6.98. The van der Waals surface area contributed by atoms with Crippen LogP contribution >= 0.6 is 0 Å². The number of hydrogen-bond donors (Lipinski definition) is 0. The molecule has 0 unspecified atom stereocenters. The van der Waals surface area contributed by atoms with Gasteiger partial charge in [0.25, 0.3) is 12.3 Å². The fourth-order valence-electron chi connectivity index (χ4n) is 3.14. The monoisotopic (exact) mass is 402 g/mol. The van der Waals surface area contributed by atoms with Crippen molar-refractivity contribution in [3.05, 3.63) is 48.2 Å². The molecule has 154 valence electrons. The number of benzene rings is 1. The van der Waals surface area contributed by atoms with Gasteiger partial charge in [-0.1, -0.05) is 30.3 Å². The van der Waals surface area contributed by atoms with E-state index in [0.29, 0.717) is 22.3 Å². The number of hydrogen-bond acceptors (Lipinski definition) is 4. The van der Waals surface area contributed by atoms with Crippen molar-refractivity contribution in [3.63, 3.8) is 0 Å². The number of aromatic nitrogens is 3. The van der Waals surface area contributed by atoms with E-state index in [2.05, 4.69) is 5.10 Å². The van der Waals surface area contributed by atoms with E-state index in [1.165, 1.54) is 7.11 Å². The highest BCUT2D eigenvalue weighted by Crippen LogP contribution is 2.27. The quantitative estimate of drug-likeness (QED) is 0.571. The van der Waals surface area contributed by atoms with Crippen molar-refractivity contribution in [1.82, 2.24) is 19.7 Å². The molecule has 0 aliphatic rings. The minimum absolute atomic E-state index is 0.0274. The first-order valence-electron chi connectivity index (χ1n) is 9.42. The zero-order valence-corrected chi connectivity index (χ0v) is 16.7. The zero-order valence-electron chi connectivity index (χ0n) is 16.7. The zero-order chi connectivity index (χ0) is 21.0. The van der Waals surface area contributed by atoms with Crippen molar-refractivity contribution in [1.29, 1.82) is 0 Å². The maximum atomic E-state index is 13.2. The Balaban J connectivity index is 2.15. The van der Waals surface area contributed by atoms with E-state index in [0.717, 1.165) is 10.5 Å². The Hall–Kier alpha value is -2.87. The lowest BCUT2D eigenvalue weighted by Crippen LogP contribution is -2.37. The van der Waals surface area contributed by atoms with Gasteiger partial charge >= 0.3 is 0 Å². The van der Waals surface area contributed by atoms with Crippen molar-refractivity contribution in [3.8, 4) is 11.3 Å². The summed E-state index contributed by atoms with van der Waals surface area (Å²) in [6.45, 7) is 3.51. The molecule has 6 nitrogen and oxygen atoms in total. The summed E-state index contributed by atoms with van der Waals surface area (Å²) < 4.78 is 32.9. The van der Waals surface area contributed by atoms with Gasteiger partial charge in [-0.25, -0.2) is 18.4 Å². The van der Waals surface area contributed by atoms with E-state index < -0.39 is 18.9 Å². The van der Waals surface area contributed by atoms with Crippen molar-refractivity contribution in [2.24, 2.45) is 0 Å². The number of alkyl halides is 2. The van der Waals surface area contributed by atoms with Gasteiger partial charge in [0.2, 0.25) is 0 Å². The smallest absolute Gasteiger partial charge is 0.255 e. The summed E-state index contributed by atoms with van der Waals surface area (Å²) in [5.41, 5.74) is 2.27. The molecular weight excluding hydrogens is 378 g/mol.